The number of carbonyl (C=O) groups excluding carboxylic acids is 3. The molecule has 0 radical (unpaired) electrons. The first kappa shape index (κ1) is 20.8. The number of methoxy groups -OCH3 is 2. The summed E-state index contributed by atoms with van der Waals surface area (Å²) in [7, 11) is 2.83. The third-order valence-corrected chi connectivity index (χ3v) is 6.23. The SMILES string of the molecule is COCCN1C(=O)N(CC(=O)OC)C(=O)C12CCN(CC1CC=CCC1)CC2. The lowest BCUT2D eigenvalue weighted by Gasteiger charge is -2.43. The van der Waals surface area contributed by atoms with Crippen molar-refractivity contribution in [3.63, 3.8) is 0 Å². The van der Waals surface area contributed by atoms with E-state index in [1.807, 2.05) is 0 Å². The van der Waals surface area contributed by atoms with Gasteiger partial charge in [-0.15, -0.1) is 0 Å². The van der Waals surface area contributed by atoms with Crippen molar-refractivity contribution < 1.29 is 23.9 Å². The lowest BCUT2D eigenvalue weighted by atomic mass is 9.84. The van der Waals surface area contributed by atoms with Crippen molar-refractivity contribution in [3.8, 4) is 0 Å². The third kappa shape index (κ3) is 4.07. The Morgan fingerprint density at radius 2 is 1.96 bits per heavy atom. The van der Waals surface area contributed by atoms with Gasteiger partial charge in [-0.1, -0.05) is 12.2 Å². The van der Waals surface area contributed by atoms with Crippen LogP contribution in [0, 0.1) is 5.92 Å². The minimum atomic E-state index is -0.868. The van der Waals surface area contributed by atoms with E-state index in [2.05, 4.69) is 21.8 Å². The maximum atomic E-state index is 13.2. The molecule has 1 atom stereocenters. The molecule has 0 saturated carbocycles. The molecule has 0 bridgehead atoms. The van der Waals surface area contributed by atoms with Crippen LogP contribution in [0.15, 0.2) is 12.2 Å². The highest BCUT2D eigenvalue weighted by Crippen LogP contribution is 2.37. The van der Waals surface area contributed by atoms with E-state index >= 15 is 0 Å². The Kier molecular flexibility index (Phi) is 6.72. The number of esters is 1. The standard InChI is InChI=1S/C20H31N3O5/c1-27-13-12-23-19(26)22(15-17(24)28-2)18(25)20(23)8-10-21(11-9-20)14-16-6-4-3-5-7-16/h3-4,16H,5-15H2,1-2H3. The molecule has 28 heavy (non-hydrogen) atoms. The van der Waals surface area contributed by atoms with E-state index in [1.165, 1.54) is 13.5 Å². The second-order valence-corrected chi connectivity index (χ2v) is 7.88. The van der Waals surface area contributed by atoms with E-state index in [0.29, 0.717) is 31.9 Å². The summed E-state index contributed by atoms with van der Waals surface area (Å²) >= 11 is 0. The first-order chi connectivity index (χ1) is 13.5. The number of nitrogens with zero attached hydrogens (tertiary/aromatic N) is 3. The van der Waals surface area contributed by atoms with Crippen molar-refractivity contribution in [1.29, 1.82) is 0 Å². The maximum absolute atomic E-state index is 13.2. The fourth-order valence-corrected chi connectivity index (χ4v) is 4.58. The summed E-state index contributed by atoms with van der Waals surface area (Å²) in [5.74, 6) is -0.201. The van der Waals surface area contributed by atoms with Gasteiger partial charge in [-0.25, -0.2) is 4.79 Å². The number of urea groups is 1. The van der Waals surface area contributed by atoms with E-state index in [9.17, 15) is 14.4 Å². The molecule has 2 aliphatic heterocycles. The topological polar surface area (TPSA) is 79.4 Å². The molecule has 8 heteroatoms. The summed E-state index contributed by atoms with van der Waals surface area (Å²) in [4.78, 5) is 42.9. The zero-order valence-electron chi connectivity index (χ0n) is 16.9. The fraction of sp³-hybridized carbons (Fsp3) is 0.750. The van der Waals surface area contributed by atoms with Crippen LogP contribution < -0.4 is 0 Å². The van der Waals surface area contributed by atoms with Gasteiger partial charge < -0.3 is 19.3 Å². The zero-order valence-corrected chi connectivity index (χ0v) is 16.9. The Balaban J connectivity index is 1.70. The molecule has 2 heterocycles. The van der Waals surface area contributed by atoms with Crippen LogP contribution in [-0.4, -0.2) is 91.7 Å². The van der Waals surface area contributed by atoms with Crippen molar-refractivity contribution in [2.45, 2.75) is 37.6 Å². The first-order valence-corrected chi connectivity index (χ1v) is 10.1. The molecule has 2 fully saturated rings. The predicted molar refractivity (Wildman–Crippen MR) is 103 cm³/mol. The van der Waals surface area contributed by atoms with Crippen molar-refractivity contribution in [2.24, 2.45) is 5.92 Å². The Bertz CT molecular complexity index is 627. The minimum Gasteiger partial charge on any atom is -0.468 e. The van der Waals surface area contributed by atoms with Gasteiger partial charge in [0.05, 0.1) is 13.7 Å². The summed E-state index contributed by atoms with van der Waals surface area (Å²) in [6.45, 7) is 2.94. The number of hydrogen-bond donors (Lipinski definition) is 0. The average molecular weight is 393 g/mol. The molecule has 1 aliphatic carbocycles. The highest BCUT2D eigenvalue weighted by atomic mass is 16.5. The summed E-state index contributed by atoms with van der Waals surface area (Å²) in [5.41, 5.74) is -0.868. The van der Waals surface area contributed by atoms with Gasteiger partial charge in [0.15, 0.2) is 0 Å². The molecule has 0 aromatic carbocycles. The summed E-state index contributed by atoms with van der Waals surface area (Å²) in [6, 6.07) is -0.418. The molecule has 3 aliphatic rings. The van der Waals surface area contributed by atoms with Gasteiger partial charge in [-0.2, -0.15) is 0 Å². The number of piperidine rings is 1. The molecule has 3 rings (SSSR count). The molecule has 1 spiro atoms. The van der Waals surface area contributed by atoms with E-state index in [1.54, 1.807) is 12.0 Å². The quantitative estimate of drug-likeness (QED) is 0.368. The number of carbonyl (C=O) groups is 3. The van der Waals surface area contributed by atoms with Gasteiger partial charge >= 0.3 is 12.0 Å². The van der Waals surface area contributed by atoms with Crippen LogP contribution >= 0.6 is 0 Å². The molecule has 0 N–H and O–H groups in total. The highest BCUT2D eigenvalue weighted by Gasteiger charge is 2.58. The van der Waals surface area contributed by atoms with Crippen LogP contribution in [0.1, 0.15) is 32.1 Å². The largest absolute Gasteiger partial charge is 0.468 e. The number of rotatable bonds is 7. The van der Waals surface area contributed by atoms with Gasteiger partial charge in [0.25, 0.3) is 5.91 Å². The van der Waals surface area contributed by atoms with Crippen molar-refractivity contribution in [3.05, 3.63) is 12.2 Å². The minimum absolute atomic E-state index is 0.278. The van der Waals surface area contributed by atoms with Crippen molar-refractivity contribution >= 4 is 17.9 Å². The number of ether oxygens (including phenoxy) is 2. The van der Waals surface area contributed by atoms with Crippen molar-refractivity contribution in [1.82, 2.24) is 14.7 Å². The Morgan fingerprint density at radius 3 is 2.57 bits per heavy atom. The second-order valence-electron chi connectivity index (χ2n) is 7.88. The average Bonchev–Trinajstić information content (AvgIpc) is 2.90. The van der Waals surface area contributed by atoms with Gasteiger partial charge in [0, 0.05) is 33.3 Å². The molecule has 2 saturated heterocycles. The van der Waals surface area contributed by atoms with Crippen LogP contribution in [0.2, 0.25) is 0 Å². The van der Waals surface area contributed by atoms with Gasteiger partial charge in [0.1, 0.15) is 12.1 Å². The number of imide groups is 1. The highest BCUT2D eigenvalue weighted by molar-refractivity contribution is 6.08. The van der Waals surface area contributed by atoms with E-state index < -0.39 is 17.5 Å². The Hall–Kier alpha value is -1.93. The normalized spacial score (nSPS) is 25.0. The van der Waals surface area contributed by atoms with E-state index in [4.69, 9.17) is 4.74 Å². The van der Waals surface area contributed by atoms with Gasteiger partial charge in [-0.05, 0) is 38.0 Å². The monoisotopic (exact) mass is 393 g/mol. The second kappa shape index (κ2) is 9.05. The predicted octanol–water partition coefficient (Wildman–Crippen LogP) is 1.26. The molecular weight excluding hydrogens is 362 g/mol. The summed E-state index contributed by atoms with van der Waals surface area (Å²) < 4.78 is 9.81. The van der Waals surface area contributed by atoms with E-state index in [0.717, 1.165) is 37.4 Å². The van der Waals surface area contributed by atoms with Crippen LogP contribution in [0.3, 0.4) is 0 Å². The van der Waals surface area contributed by atoms with Crippen LogP contribution in [0.25, 0.3) is 0 Å². The first-order valence-electron chi connectivity index (χ1n) is 10.1. The Labute approximate surface area is 166 Å². The van der Waals surface area contributed by atoms with Crippen molar-refractivity contribution in [2.75, 3.05) is 53.6 Å². The lowest BCUT2D eigenvalue weighted by Crippen LogP contribution is -2.57. The lowest BCUT2D eigenvalue weighted by molar-refractivity contribution is -0.146. The summed E-state index contributed by atoms with van der Waals surface area (Å²) in [6.07, 6.45) is 9.14. The number of amides is 3. The third-order valence-electron chi connectivity index (χ3n) is 6.23. The van der Waals surface area contributed by atoms with Gasteiger partial charge in [-0.3, -0.25) is 14.5 Å². The maximum Gasteiger partial charge on any atom is 0.328 e. The smallest absolute Gasteiger partial charge is 0.328 e. The molecule has 3 amide bonds. The zero-order chi connectivity index (χ0) is 20.1. The fourth-order valence-electron chi connectivity index (χ4n) is 4.58. The molecule has 8 nitrogen and oxygen atoms in total. The van der Waals surface area contributed by atoms with Gasteiger partial charge in [0.2, 0.25) is 0 Å². The van der Waals surface area contributed by atoms with E-state index in [-0.39, 0.29) is 12.5 Å². The Morgan fingerprint density at radius 1 is 1.21 bits per heavy atom. The van der Waals surface area contributed by atoms with Crippen LogP contribution in [-0.2, 0) is 19.1 Å². The molecule has 156 valence electrons. The van der Waals surface area contributed by atoms with Crippen LogP contribution in [0.4, 0.5) is 4.79 Å². The molecule has 0 aromatic rings. The number of hydrogen-bond acceptors (Lipinski definition) is 6. The number of allylic oxidation sites excluding steroid dienone is 2. The molecular formula is C20H31N3O5. The van der Waals surface area contributed by atoms with Crippen LogP contribution in [0.5, 0.6) is 0 Å². The molecule has 0 aromatic heterocycles. The number of likely N-dealkylation sites (tertiary alicyclic amines) is 1. The summed E-state index contributed by atoms with van der Waals surface area (Å²) in [5, 5.41) is 0. The molecule has 1 unspecified atom stereocenters.